The number of aryl methyl sites for hydroxylation is 1. The molecule has 0 unspecified atom stereocenters. The molecule has 2 aromatic rings. The highest BCUT2D eigenvalue weighted by Crippen LogP contribution is 2.34. The zero-order chi connectivity index (χ0) is 15.6. The third-order valence-corrected chi connectivity index (χ3v) is 3.33. The van der Waals surface area contributed by atoms with Crippen molar-refractivity contribution in [3.05, 3.63) is 62.1 Å². The molecule has 3 N–H and O–H groups in total. The van der Waals surface area contributed by atoms with Crippen LogP contribution < -0.4 is 10.5 Å². The number of benzene rings is 2. The molecule has 0 bridgehead atoms. The fourth-order valence-corrected chi connectivity index (χ4v) is 2.20. The number of nitro groups is 1. The summed E-state index contributed by atoms with van der Waals surface area (Å²) in [4.78, 5) is 10.5. The monoisotopic (exact) mass is 349 g/mol. The van der Waals surface area contributed by atoms with E-state index < -0.39 is 4.92 Å². The molecule has 108 valence electrons. The zero-order valence-corrected chi connectivity index (χ0v) is 12.7. The van der Waals surface area contributed by atoms with Gasteiger partial charge in [-0.15, -0.1) is 0 Å². The quantitative estimate of drug-likeness (QED) is 0.379. The number of hydrogen-bond acceptors (Lipinski definition) is 4. The first-order chi connectivity index (χ1) is 9.88. The first-order valence-corrected chi connectivity index (χ1v) is 6.74. The van der Waals surface area contributed by atoms with Gasteiger partial charge in [-0.3, -0.25) is 15.5 Å². The highest BCUT2D eigenvalue weighted by molar-refractivity contribution is 9.10. The molecule has 0 aliphatic heterocycles. The maximum absolute atomic E-state index is 11.0. The first kappa shape index (κ1) is 15.0. The van der Waals surface area contributed by atoms with Gasteiger partial charge in [-0.05, 0) is 42.8 Å². The Morgan fingerprint density at radius 2 is 2.05 bits per heavy atom. The Hall–Kier alpha value is -2.41. The summed E-state index contributed by atoms with van der Waals surface area (Å²) in [6.45, 7) is 1.79. The van der Waals surface area contributed by atoms with Gasteiger partial charge in [-0.25, -0.2) is 0 Å². The number of nitro benzene ring substituents is 1. The van der Waals surface area contributed by atoms with Crippen molar-refractivity contribution in [2.24, 2.45) is 5.73 Å². The van der Waals surface area contributed by atoms with E-state index in [1.807, 2.05) is 0 Å². The molecule has 21 heavy (non-hydrogen) atoms. The average Bonchev–Trinajstić information content (AvgIpc) is 2.40. The molecule has 0 atom stereocenters. The van der Waals surface area contributed by atoms with Crippen molar-refractivity contribution in [1.82, 2.24) is 0 Å². The Labute approximate surface area is 129 Å². The largest absolute Gasteiger partial charge is 0.450 e. The van der Waals surface area contributed by atoms with Crippen LogP contribution in [0, 0.1) is 22.4 Å². The van der Waals surface area contributed by atoms with Crippen LogP contribution in [0.5, 0.6) is 11.5 Å². The van der Waals surface area contributed by atoms with E-state index in [0.29, 0.717) is 15.8 Å². The van der Waals surface area contributed by atoms with Gasteiger partial charge in [0.15, 0.2) is 0 Å². The second-order valence-corrected chi connectivity index (χ2v) is 5.28. The Morgan fingerprint density at radius 3 is 2.62 bits per heavy atom. The van der Waals surface area contributed by atoms with Crippen LogP contribution in [-0.4, -0.2) is 10.8 Å². The van der Waals surface area contributed by atoms with Crippen molar-refractivity contribution in [2.75, 3.05) is 0 Å². The van der Waals surface area contributed by atoms with Gasteiger partial charge in [0.2, 0.25) is 5.75 Å². The third-order valence-electron chi connectivity index (χ3n) is 2.83. The van der Waals surface area contributed by atoms with Gasteiger partial charge < -0.3 is 10.5 Å². The lowest BCUT2D eigenvalue weighted by Crippen LogP contribution is -2.12. The lowest BCUT2D eigenvalue weighted by Gasteiger charge is -2.09. The highest BCUT2D eigenvalue weighted by Gasteiger charge is 2.16. The molecule has 6 nitrogen and oxygen atoms in total. The Kier molecular flexibility index (Phi) is 4.23. The lowest BCUT2D eigenvalue weighted by molar-refractivity contribution is -0.385. The molecule has 0 saturated carbocycles. The van der Waals surface area contributed by atoms with Crippen molar-refractivity contribution >= 4 is 27.5 Å². The van der Waals surface area contributed by atoms with Crippen LogP contribution in [0.1, 0.15) is 11.1 Å². The van der Waals surface area contributed by atoms with Crippen molar-refractivity contribution < 1.29 is 9.66 Å². The molecule has 7 heteroatoms. The van der Waals surface area contributed by atoms with Crippen LogP contribution in [-0.2, 0) is 0 Å². The first-order valence-electron chi connectivity index (χ1n) is 5.95. The molecule has 0 heterocycles. The lowest BCUT2D eigenvalue weighted by atomic mass is 10.1. The summed E-state index contributed by atoms with van der Waals surface area (Å²) in [5.41, 5.74) is 6.69. The van der Waals surface area contributed by atoms with Crippen molar-refractivity contribution in [2.45, 2.75) is 6.92 Å². The minimum Gasteiger partial charge on any atom is -0.450 e. The van der Waals surface area contributed by atoms with Crippen LogP contribution in [0.25, 0.3) is 0 Å². The van der Waals surface area contributed by atoms with Gasteiger partial charge in [-0.2, -0.15) is 0 Å². The summed E-state index contributed by atoms with van der Waals surface area (Å²) < 4.78 is 6.17. The maximum atomic E-state index is 11.0. The number of amidine groups is 1. The SMILES string of the molecule is Cc1cc(Oc2ccc(Br)cc2[N+](=O)[O-])ccc1C(=N)N. The van der Waals surface area contributed by atoms with Gasteiger partial charge >= 0.3 is 5.69 Å². The topological polar surface area (TPSA) is 102 Å². The molecule has 2 aromatic carbocycles. The Balaban J connectivity index is 2.37. The van der Waals surface area contributed by atoms with Crippen molar-refractivity contribution in [3.8, 4) is 11.5 Å². The fourth-order valence-electron chi connectivity index (χ4n) is 1.85. The second-order valence-electron chi connectivity index (χ2n) is 4.36. The molecular weight excluding hydrogens is 338 g/mol. The summed E-state index contributed by atoms with van der Waals surface area (Å²) in [6.07, 6.45) is 0. The Bertz CT molecular complexity index is 731. The van der Waals surface area contributed by atoms with E-state index in [-0.39, 0.29) is 17.3 Å². The number of ether oxygens (including phenoxy) is 1. The van der Waals surface area contributed by atoms with Gasteiger partial charge in [0.25, 0.3) is 0 Å². The standard InChI is InChI=1S/C14H12BrN3O3/c1-8-6-10(3-4-11(8)14(16)17)21-13-5-2-9(15)7-12(13)18(19)20/h2-7H,1H3,(H3,16,17). The number of nitrogens with two attached hydrogens (primary N) is 1. The van der Waals surface area contributed by atoms with E-state index in [1.165, 1.54) is 12.1 Å². The summed E-state index contributed by atoms with van der Waals surface area (Å²) in [5, 5.41) is 18.5. The van der Waals surface area contributed by atoms with E-state index in [2.05, 4.69) is 15.9 Å². The van der Waals surface area contributed by atoms with E-state index in [4.69, 9.17) is 15.9 Å². The minimum absolute atomic E-state index is 0.0336. The van der Waals surface area contributed by atoms with Crippen LogP contribution >= 0.6 is 15.9 Å². The summed E-state index contributed by atoms with van der Waals surface area (Å²) in [5.74, 6) is 0.565. The van der Waals surface area contributed by atoms with Gasteiger partial charge in [0.05, 0.1) is 4.92 Å². The van der Waals surface area contributed by atoms with E-state index in [1.54, 1.807) is 31.2 Å². The molecule has 0 aliphatic rings. The van der Waals surface area contributed by atoms with Crippen LogP contribution in [0.15, 0.2) is 40.9 Å². The van der Waals surface area contributed by atoms with Crippen LogP contribution in [0.2, 0.25) is 0 Å². The molecule has 0 aliphatic carbocycles. The average molecular weight is 350 g/mol. The van der Waals surface area contributed by atoms with Crippen molar-refractivity contribution in [1.29, 1.82) is 5.41 Å². The summed E-state index contributed by atoms with van der Waals surface area (Å²) in [6, 6.07) is 9.53. The van der Waals surface area contributed by atoms with Crippen LogP contribution in [0.3, 0.4) is 0 Å². The van der Waals surface area contributed by atoms with Gasteiger partial charge in [0, 0.05) is 16.1 Å². The van der Waals surface area contributed by atoms with E-state index >= 15 is 0 Å². The van der Waals surface area contributed by atoms with E-state index in [9.17, 15) is 10.1 Å². The van der Waals surface area contributed by atoms with E-state index in [0.717, 1.165) is 5.56 Å². The maximum Gasteiger partial charge on any atom is 0.312 e. The smallest absolute Gasteiger partial charge is 0.312 e. The number of halogens is 1. The molecule has 0 radical (unpaired) electrons. The normalized spacial score (nSPS) is 10.2. The number of nitrogen functional groups attached to an aromatic ring is 1. The van der Waals surface area contributed by atoms with Crippen LogP contribution in [0.4, 0.5) is 5.69 Å². The predicted octanol–water partition coefficient (Wildman–Crippen LogP) is 3.74. The molecule has 0 aromatic heterocycles. The summed E-state index contributed by atoms with van der Waals surface area (Å²) >= 11 is 3.19. The number of hydrogen-bond donors (Lipinski definition) is 2. The molecular formula is C14H12BrN3O3. The summed E-state index contributed by atoms with van der Waals surface area (Å²) in [7, 11) is 0. The number of rotatable bonds is 4. The Morgan fingerprint density at radius 1 is 1.33 bits per heavy atom. The van der Waals surface area contributed by atoms with Crippen molar-refractivity contribution in [3.63, 3.8) is 0 Å². The highest BCUT2D eigenvalue weighted by atomic mass is 79.9. The number of nitrogens with one attached hydrogen (secondary N) is 1. The molecule has 0 saturated heterocycles. The molecule has 0 fully saturated rings. The molecule has 2 rings (SSSR count). The zero-order valence-electron chi connectivity index (χ0n) is 11.1. The third kappa shape index (κ3) is 3.38. The second kappa shape index (κ2) is 5.92. The fraction of sp³-hybridized carbons (Fsp3) is 0.0714. The molecule has 0 spiro atoms. The number of nitrogens with zero attached hydrogens (tertiary/aromatic N) is 1. The predicted molar refractivity (Wildman–Crippen MR) is 83.1 cm³/mol. The van der Waals surface area contributed by atoms with Gasteiger partial charge in [0.1, 0.15) is 11.6 Å². The minimum atomic E-state index is -0.503. The molecule has 0 amide bonds. The van der Waals surface area contributed by atoms with Gasteiger partial charge in [-0.1, -0.05) is 15.9 Å².